The van der Waals surface area contributed by atoms with Crippen molar-refractivity contribution in [1.82, 2.24) is 0 Å². The molecule has 0 heterocycles. The fraction of sp³-hybridized carbons (Fsp3) is 0.778. The number of hydrogen-bond donors (Lipinski definition) is 2. The summed E-state index contributed by atoms with van der Waals surface area (Å²) in [6, 6.07) is 0. The minimum Gasteiger partial charge on any atom is -0.396 e. The SMILES string of the molecule is C=CC1CC(O)CCC1CO. The van der Waals surface area contributed by atoms with Gasteiger partial charge in [0.15, 0.2) is 0 Å². The third kappa shape index (κ3) is 2.04. The lowest BCUT2D eigenvalue weighted by Gasteiger charge is -2.30. The van der Waals surface area contributed by atoms with E-state index in [1.165, 1.54) is 0 Å². The van der Waals surface area contributed by atoms with Gasteiger partial charge in [0.1, 0.15) is 0 Å². The van der Waals surface area contributed by atoms with Gasteiger partial charge in [-0.15, -0.1) is 6.58 Å². The molecule has 64 valence electrons. The van der Waals surface area contributed by atoms with Gasteiger partial charge in [-0.25, -0.2) is 0 Å². The summed E-state index contributed by atoms with van der Waals surface area (Å²) < 4.78 is 0. The molecule has 1 fully saturated rings. The summed E-state index contributed by atoms with van der Waals surface area (Å²) in [7, 11) is 0. The zero-order valence-electron chi connectivity index (χ0n) is 6.74. The van der Waals surface area contributed by atoms with E-state index in [1.54, 1.807) is 0 Å². The van der Waals surface area contributed by atoms with Crippen molar-refractivity contribution >= 4 is 0 Å². The van der Waals surface area contributed by atoms with E-state index in [0.717, 1.165) is 19.3 Å². The van der Waals surface area contributed by atoms with Crippen molar-refractivity contribution in [2.24, 2.45) is 11.8 Å². The first-order valence-electron chi connectivity index (χ1n) is 4.19. The van der Waals surface area contributed by atoms with Gasteiger partial charge < -0.3 is 10.2 Å². The van der Waals surface area contributed by atoms with E-state index in [2.05, 4.69) is 6.58 Å². The van der Waals surface area contributed by atoms with Gasteiger partial charge in [-0.1, -0.05) is 6.08 Å². The molecule has 1 aliphatic rings. The molecule has 11 heavy (non-hydrogen) atoms. The summed E-state index contributed by atoms with van der Waals surface area (Å²) in [5.41, 5.74) is 0. The quantitative estimate of drug-likeness (QED) is 0.584. The maximum absolute atomic E-state index is 9.29. The molecule has 0 bridgehead atoms. The fourth-order valence-electron chi connectivity index (χ4n) is 1.76. The van der Waals surface area contributed by atoms with Gasteiger partial charge in [0.05, 0.1) is 6.10 Å². The molecule has 0 aromatic rings. The van der Waals surface area contributed by atoms with Crippen LogP contribution in [0.4, 0.5) is 0 Å². The highest BCUT2D eigenvalue weighted by Gasteiger charge is 2.26. The summed E-state index contributed by atoms with van der Waals surface area (Å²) in [4.78, 5) is 0. The molecule has 2 N–H and O–H groups in total. The van der Waals surface area contributed by atoms with E-state index < -0.39 is 0 Å². The Bertz CT molecular complexity index is 134. The normalized spacial score (nSPS) is 38.5. The van der Waals surface area contributed by atoms with Crippen LogP contribution in [0.15, 0.2) is 12.7 Å². The van der Waals surface area contributed by atoms with Crippen LogP contribution >= 0.6 is 0 Å². The number of aliphatic hydroxyl groups is 2. The number of hydrogen-bond acceptors (Lipinski definition) is 2. The van der Waals surface area contributed by atoms with Crippen LogP contribution in [0.5, 0.6) is 0 Å². The number of rotatable bonds is 2. The smallest absolute Gasteiger partial charge is 0.0546 e. The molecule has 0 aliphatic heterocycles. The van der Waals surface area contributed by atoms with Crippen molar-refractivity contribution in [3.63, 3.8) is 0 Å². The molecule has 0 amide bonds. The first-order valence-corrected chi connectivity index (χ1v) is 4.19. The monoisotopic (exact) mass is 156 g/mol. The van der Waals surface area contributed by atoms with Gasteiger partial charge in [-0.05, 0) is 31.1 Å². The van der Waals surface area contributed by atoms with Crippen molar-refractivity contribution in [2.45, 2.75) is 25.4 Å². The molecule has 1 saturated carbocycles. The van der Waals surface area contributed by atoms with E-state index in [9.17, 15) is 5.11 Å². The second-order valence-electron chi connectivity index (χ2n) is 3.31. The highest BCUT2D eigenvalue weighted by Crippen LogP contribution is 2.30. The van der Waals surface area contributed by atoms with Crippen LogP contribution in [0.2, 0.25) is 0 Å². The van der Waals surface area contributed by atoms with Gasteiger partial charge in [-0.3, -0.25) is 0 Å². The Hall–Kier alpha value is -0.340. The third-order valence-electron chi connectivity index (χ3n) is 2.56. The average Bonchev–Trinajstić information content (AvgIpc) is 2.04. The van der Waals surface area contributed by atoms with Gasteiger partial charge in [0.2, 0.25) is 0 Å². The van der Waals surface area contributed by atoms with E-state index >= 15 is 0 Å². The zero-order chi connectivity index (χ0) is 8.27. The Morgan fingerprint density at radius 3 is 2.73 bits per heavy atom. The van der Waals surface area contributed by atoms with Crippen LogP contribution < -0.4 is 0 Å². The van der Waals surface area contributed by atoms with Crippen LogP contribution in [0.1, 0.15) is 19.3 Å². The van der Waals surface area contributed by atoms with Crippen molar-refractivity contribution in [3.8, 4) is 0 Å². The van der Waals surface area contributed by atoms with E-state index in [-0.39, 0.29) is 12.7 Å². The van der Waals surface area contributed by atoms with Crippen molar-refractivity contribution in [2.75, 3.05) is 6.61 Å². The molecule has 0 radical (unpaired) electrons. The number of aliphatic hydroxyl groups excluding tert-OH is 2. The Balaban J connectivity index is 2.47. The van der Waals surface area contributed by atoms with Crippen molar-refractivity contribution < 1.29 is 10.2 Å². The molecule has 1 aliphatic carbocycles. The van der Waals surface area contributed by atoms with Crippen LogP contribution in [0.3, 0.4) is 0 Å². The summed E-state index contributed by atoms with van der Waals surface area (Å²) in [6.45, 7) is 3.92. The van der Waals surface area contributed by atoms with Crippen LogP contribution in [-0.2, 0) is 0 Å². The standard InChI is InChI=1S/C9H16O2/c1-2-7-5-9(11)4-3-8(7)6-10/h2,7-11H,1,3-6H2. The molecule has 0 aromatic carbocycles. The lowest BCUT2D eigenvalue weighted by Crippen LogP contribution is -2.28. The average molecular weight is 156 g/mol. The molecule has 2 nitrogen and oxygen atoms in total. The van der Waals surface area contributed by atoms with Gasteiger partial charge in [-0.2, -0.15) is 0 Å². The summed E-state index contributed by atoms with van der Waals surface area (Å²) in [6.07, 6.45) is 4.20. The first kappa shape index (κ1) is 8.75. The molecule has 0 spiro atoms. The predicted octanol–water partition coefficient (Wildman–Crippen LogP) is 0.942. The highest BCUT2D eigenvalue weighted by atomic mass is 16.3. The molecule has 0 saturated heterocycles. The Morgan fingerprint density at radius 1 is 1.45 bits per heavy atom. The third-order valence-corrected chi connectivity index (χ3v) is 2.56. The molecule has 3 atom stereocenters. The van der Waals surface area contributed by atoms with Gasteiger partial charge >= 0.3 is 0 Å². The minimum atomic E-state index is -0.180. The molecular formula is C9H16O2. The Kier molecular flexibility index (Phi) is 3.09. The van der Waals surface area contributed by atoms with Crippen molar-refractivity contribution in [1.29, 1.82) is 0 Å². The van der Waals surface area contributed by atoms with Crippen molar-refractivity contribution in [3.05, 3.63) is 12.7 Å². The second kappa shape index (κ2) is 3.88. The molecule has 1 rings (SSSR count). The molecule has 3 unspecified atom stereocenters. The van der Waals surface area contributed by atoms with E-state index in [0.29, 0.717) is 11.8 Å². The topological polar surface area (TPSA) is 40.5 Å². The fourth-order valence-corrected chi connectivity index (χ4v) is 1.76. The van der Waals surface area contributed by atoms with Crippen LogP contribution in [0.25, 0.3) is 0 Å². The highest BCUT2D eigenvalue weighted by molar-refractivity contribution is 4.89. The predicted molar refractivity (Wildman–Crippen MR) is 44.1 cm³/mol. The van der Waals surface area contributed by atoms with Crippen LogP contribution in [-0.4, -0.2) is 22.9 Å². The molecule has 0 aromatic heterocycles. The Morgan fingerprint density at radius 2 is 2.18 bits per heavy atom. The largest absolute Gasteiger partial charge is 0.396 e. The summed E-state index contributed by atoms with van der Waals surface area (Å²) >= 11 is 0. The molecule has 2 heteroatoms. The maximum atomic E-state index is 9.29. The molecular weight excluding hydrogens is 140 g/mol. The number of allylic oxidation sites excluding steroid dienone is 1. The van der Waals surface area contributed by atoms with Crippen LogP contribution in [0, 0.1) is 11.8 Å². The summed E-state index contributed by atoms with van der Waals surface area (Å²) in [5, 5.41) is 18.2. The maximum Gasteiger partial charge on any atom is 0.0546 e. The first-order chi connectivity index (χ1) is 5.27. The van der Waals surface area contributed by atoms with Gasteiger partial charge in [0.25, 0.3) is 0 Å². The lowest BCUT2D eigenvalue weighted by molar-refractivity contribution is 0.0612. The van der Waals surface area contributed by atoms with E-state index in [1.807, 2.05) is 6.08 Å². The minimum absolute atomic E-state index is 0.180. The lowest BCUT2D eigenvalue weighted by atomic mass is 9.78. The summed E-state index contributed by atoms with van der Waals surface area (Å²) in [5.74, 6) is 0.639. The Labute approximate surface area is 67.6 Å². The van der Waals surface area contributed by atoms with Gasteiger partial charge in [0, 0.05) is 6.61 Å². The van der Waals surface area contributed by atoms with E-state index in [4.69, 9.17) is 5.11 Å². The second-order valence-corrected chi connectivity index (χ2v) is 3.31. The zero-order valence-corrected chi connectivity index (χ0v) is 6.74.